The first-order valence-corrected chi connectivity index (χ1v) is 10.7. The van der Waals surface area contributed by atoms with Gasteiger partial charge >= 0.3 is 0 Å². The maximum atomic E-state index is 12.2. The first-order valence-electron chi connectivity index (χ1n) is 8.12. The zero-order valence-electron chi connectivity index (χ0n) is 13.3. The Morgan fingerprint density at radius 1 is 1.21 bits per heavy atom. The van der Waals surface area contributed by atoms with Crippen molar-refractivity contribution >= 4 is 37.8 Å². The highest BCUT2D eigenvalue weighted by Crippen LogP contribution is 2.23. The number of nitrogens with zero attached hydrogens (tertiary/aromatic N) is 1. The molecule has 0 aliphatic carbocycles. The first-order chi connectivity index (χ1) is 11.4. The molecule has 2 aliphatic heterocycles. The molecule has 3 rings (SSSR count). The number of amides is 1. The third kappa shape index (κ3) is 4.26. The van der Waals surface area contributed by atoms with Crippen LogP contribution in [-0.4, -0.2) is 55.9 Å². The van der Waals surface area contributed by atoms with Gasteiger partial charge in [-0.1, -0.05) is 34.1 Å². The van der Waals surface area contributed by atoms with Crippen molar-refractivity contribution < 1.29 is 13.2 Å². The van der Waals surface area contributed by atoms with E-state index in [9.17, 15) is 13.2 Å². The van der Waals surface area contributed by atoms with Gasteiger partial charge in [-0.15, -0.1) is 0 Å². The van der Waals surface area contributed by atoms with Gasteiger partial charge in [0.05, 0.1) is 17.5 Å². The summed E-state index contributed by atoms with van der Waals surface area (Å²) < 4.78 is 24.9. The number of benzene rings is 1. The van der Waals surface area contributed by atoms with Crippen molar-refractivity contribution in [3.63, 3.8) is 0 Å². The predicted molar refractivity (Wildman–Crippen MR) is 98.4 cm³/mol. The van der Waals surface area contributed by atoms with Gasteiger partial charge < -0.3 is 5.32 Å². The van der Waals surface area contributed by atoms with E-state index >= 15 is 0 Å². The Bertz CT molecular complexity index is 742. The summed E-state index contributed by atoms with van der Waals surface area (Å²) in [5, 5.41) is 2.89. The second kappa shape index (κ2) is 7.37. The van der Waals surface area contributed by atoms with Crippen LogP contribution in [0.1, 0.15) is 18.4 Å². The van der Waals surface area contributed by atoms with Crippen LogP contribution in [-0.2, 0) is 14.6 Å². The van der Waals surface area contributed by atoms with Crippen molar-refractivity contribution in [2.24, 2.45) is 0 Å². The molecule has 2 heterocycles. The molecule has 5 nitrogen and oxygen atoms in total. The van der Waals surface area contributed by atoms with Crippen LogP contribution in [0.2, 0.25) is 0 Å². The zero-order valence-corrected chi connectivity index (χ0v) is 15.7. The lowest BCUT2D eigenvalue weighted by atomic mass is 10.1. The predicted octanol–water partition coefficient (Wildman–Crippen LogP) is 1.84. The van der Waals surface area contributed by atoms with Crippen LogP contribution in [0.5, 0.6) is 0 Å². The van der Waals surface area contributed by atoms with E-state index in [1.807, 2.05) is 24.3 Å². The number of nitrogens with one attached hydrogen (secondary N) is 1. The highest BCUT2D eigenvalue weighted by Gasteiger charge is 2.42. The third-order valence-electron chi connectivity index (χ3n) is 4.58. The van der Waals surface area contributed by atoms with Crippen molar-refractivity contribution in [3.8, 4) is 0 Å². The molecule has 2 saturated heterocycles. The highest BCUT2D eigenvalue weighted by atomic mass is 79.9. The fraction of sp³-hybridized carbons (Fsp3) is 0.471. The number of hydrogen-bond acceptors (Lipinski definition) is 4. The standard InChI is InChI=1S/C17H21BrN2O3S/c18-14-6-2-1-5-13(14)7-8-17(21)19-15-11-24(22,23)12-16(15)20-9-3-4-10-20/h1-2,5-8,15-16H,3-4,9-12H2,(H,19,21)/b8-7+. The molecule has 1 amide bonds. The molecule has 0 aromatic heterocycles. The number of rotatable bonds is 4. The van der Waals surface area contributed by atoms with E-state index in [4.69, 9.17) is 0 Å². The maximum absolute atomic E-state index is 12.2. The Balaban J connectivity index is 1.67. The number of sulfone groups is 1. The van der Waals surface area contributed by atoms with E-state index in [1.54, 1.807) is 6.08 Å². The lowest BCUT2D eigenvalue weighted by molar-refractivity contribution is -0.117. The molecule has 1 N–H and O–H groups in total. The van der Waals surface area contributed by atoms with Crippen LogP contribution < -0.4 is 5.32 Å². The molecule has 7 heteroatoms. The van der Waals surface area contributed by atoms with Crippen molar-refractivity contribution in [2.75, 3.05) is 24.6 Å². The number of halogens is 1. The third-order valence-corrected chi connectivity index (χ3v) is 7.02. The summed E-state index contributed by atoms with van der Waals surface area (Å²) >= 11 is 3.43. The lowest BCUT2D eigenvalue weighted by Crippen LogP contribution is -2.49. The average Bonchev–Trinajstić information content (AvgIpc) is 3.14. The van der Waals surface area contributed by atoms with E-state index in [-0.39, 0.29) is 29.5 Å². The topological polar surface area (TPSA) is 66.5 Å². The SMILES string of the molecule is O=C(/C=C/c1ccccc1Br)NC1CS(=O)(=O)CC1N1CCCC1. The number of hydrogen-bond donors (Lipinski definition) is 1. The van der Waals surface area contributed by atoms with Crippen molar-refractivity contribution in [2.45, 2.75) is 24.9 Å². The summed E-state index contributed by atoms with van der Waals surface area (Å²) in [4.78, 5) is 14.4. The second-order valence-corrected chi connectivity index (χ2v) is 9.37. The van der Waals surface area contributed by atoms with Gasteiger partial charge in [-0.25, -0.2) is 8.42 Å². The van der Waals surface area contributed by atoms with Gasteiger partial charge in [0.1, 0.15) is 0 Å². The van der Waals surface area contributed by atoms with E-state index < -0.39 is 9.84 Å². The van der Waals surface area contributed by atoms with Crippen LogP contribution in [0.15, 0.2) is 34.8 Å². The molecule has 1 aromatic rings. The van der Waals surface area contributed by atoms with Crippen LogP contribution in [0.4, 0.5) is 0 Å². The molecule has 1 aromatic carbocycles. The quantitative estimate of drug-likeness (QED) is 0.766. The van der Waals surface area contributed by atoms with Crippen LogP contribution in [0, 0.1) is 0 Å². The minimum absolute atomic E-state index is 0.0305. The zero-order chi connectivity index (χ0) is 17.2. The minimum Gasteiger partial charge on any atom is -0.347 e. The largest absolute Gasteiger partial charge is 0.347 e. The van der Waals surface area contributed by atoms with E-state index in [2.05, 4.69) is 26.1 Å². The molecule has 130 valence electrons. The average molecular weight is 413 g/mol. The van der Waals surface area contributed by atoms with Gasteiger partial charge in [0, 0.05) is 16.6 Å². The summed E-state index contributed by atoms with van der Waals surface area (Å²) in [6.07, 6.45) is 5.39. The molecular weight excluding hydrogens is 392 g/mol. The molecular formula is C17H21BrN2O3S. The summed E-state index contributed by atoms with van der Waals surface area (Å²) in [7, 11) is -3.09. The van der Waals surface area contributed by atoms with Crippen LogP contribution >= 0.6 is 15.9 Å². The molecule has 2 unspecified atom stereocenters. The Morgan fingerprint density at radius 2 is 1.92 bits per heavy atom. The second-order valence-electron chi connectivity index (χ2n) is 6.36. The smallest absolute Gasteiger partial charge is 0.244 e. The number of carbonyl (C=O) groups is 1. The van der Waals surface area contributed by atoms with Crippen LogP contribution in [0.3, 0.4) is 0 Å². The Kier molecular flexibility index (Phi) is 5.42. The Hall–Kier alpha value is -1.18. The molecule has 0 bridgehead atoms. The fourth-order valence-electron chi connectivity index (χ4n) is 3.41. The minimum atomic E-state index is -3.09. The van der Waals surface area contributed by atoms with E-state index in [0.717, 1.165) is 36.0 Å². The fourth-order valence-corrected chi connectivity index (χ4v) is 5.78. The Morgan fingerprint density at radius 3 is 2.62 bits per heavy atom. The number of likely N-dealkylation sites (tertiary alicyclic amines) is 1. The monoisotopic (exact) mass is 412 g/mol. The summed E-state index contributed by atoms with van der Waals surface area (Å²) in [6, 6.07) is 7.19. The molecule has 0 saturated carbocycles. The summed E-state index contributed by atoms with van der Waals surface area (Å²) in [5.74, 6) is -0.0775. The number of carbonyl (C=O) groups excluding carboxylic acids is 1. The van der Waals surface area contributed by atoms with E-state index in [1.165, 1.54) is 6.08 Å². The van der Waals surface area contributed by atoms with Crippen molar-refractivity contribution in [3.05, 3.63) is 40.4 Å². The molecule has 0 spiro atoms. The highest BCUT2D eigenvalue weighted by molar-refractivity contribution is 9.10. The molecule has 2 aliphatic rings. The van der Waals surface area contributed by atoms with Crippen molar-refractivity contribution in [1.82, 2.24) is 10.2 Å². The Labute approximate surface area is 151 Å². The first kappa shape index (κ1) is 17.6. The van der Waals surface area contributed by atoms with Crippen molar-refractivity contribution in [1.29, 1.82) is 0 Å². The van der Waals surface area contributed by atoms with Crippen LogP contribution in [0.25, 0.3) is 6.08 Å². The van der Waals surface area contributed by atoms with Gasteiger partial charge in [-0.2, -0.15) is 0 Å². The normalized spacial score (nSPS) is 26.9. The van der Waals surface area contributed by atoms with Gasteiger partial charge in [0.2, 0.25) is 5.91 Å². The van der Waals surface area contributed by atoms with Gasteiger partial charge in [-0.3, -0.25) is 9.69 Å². The molecule has 0 radical (unpaired) electrons. The van der Waals surface area contributed by atoms with E-state index in [0.29, 0.717) is 0 Å². The lowest BCUT2D eigenvalue weighted by Gasteiger charge is -2.28. The molecule has 2 atom stereocenters. The molecule has 24 heavy (non-hydrogen) atoms. The van der Waals surface area contributed by atoms with Gasteiger partial charge in [0.25, 0.3) is 0 Å². The summed E-state index contributed by atoms with van der Waals surface area (Å²) in [5.41, 5.74) is 0.905. The molecule has 2 fully saturated rings. The maximum Gasteiger partial charge on any atom is 0.244 e. The van der Waals surface area contributed by atoms with Gasteiger partial charge in [0.15, 0.2) is 9.84 Å². The summed E-state index contributed by atoms with van der Waals surface area (Å²) in [6.45, 7) is 1.83. The van der Waals surface area contributed by atoms with Gasteiger partial charge in [-0.05, 0) is 43.6 Å².